The summed E-state index contributed by atoms with van der Waals surface area (Å²) in [6, 6.07) is 9.83. The van der Waals surface area contributed by atoms with Gasteiger partial charge >= 0.3 is 0 Å². The molecule has 0 atom stereocenters. The number of nitrogens with zero attached hydrogens (tertiary/aromatic N) is 1. The molecule has 10 nitrogen and oxygen atoms in total. The van der Waals surface area contributed by atoms with Gasteiger partial charge in [-0.1, -0.05) is 0 Å². The van der Waals surface area contributed by atoms with Crippen LogP contribution in [0, 0.1) is 0 Å². The molecule has 1 aromatic heterocycles. The molecule has 0 fully saturated rings. The van der Waals surface area contributed by atoms with Crippen LogP contribution in [0.2, 0.25) is 0 Å². The standard InChI is InChI=1S/C22H20N4O6S/c1-12(27)23-14-4-6-17(30-2)16(8-14)25-20(28)9-15-10-33-22(24-15)26-21(29)13-3-5-18-19(7-13)32-11-31-18/h3-8,10H,9,11H2,1-2H3,(H,23,27)(H,25,28)(H,24,26,29). The summed E-state index contributed by atoms with van der Waals surface area (Å²) in [5.74, 6) is 0.651. The fourth-order valence-corrected chi connectivity index (χ4v) is 3.80. The molecule has 170 valence electrons. The third kappa shape index (κ3) is 5.39. The lowest BCUT2D eigenvalue weighted by molar-refractivity contribution is -0.116. The van der Waals surface area contributed by atoms with Crippen molar-refractivity contribution in [2.45, 2.75) is 13.3 Å². The van der Waals surface area contributed by atoms with Gasteiger partial charge in [-0.05, 0) is 36.4 Å². The van der Waals surface area contributed by atoms with Crippen LogP contribution in [0.15, 0.2) is 41.8 Å². The van der Waals surface area contributed by atoms with Crippen molar-refractivity contribution < 1.29 is 28.6 Å². The van der Waals surface area contributed by atoms with Crippen LogP contribution in [0.25, 0.3) is 0 Å². The van der Waals surface area contributed by atoms with Gasteiger partial charge < -0.3 is 24.8 Å². The Hall–Kier alpha value is -4.12. The molecule has 0 radical (unpaired) electrons. The summed E-state index contributed by atoms with van der Waals surface area (Å²) in [5.41, 5.74) is 1.84. The van der Waals surface area contributed by atoms with E-state index in [4.69, 9.17) is 14.2 Å². The summed E-state index contributed by atoms with van der Waals surface area (Å²) in [6.45, 7) is 1.52. The van der Waals surface area contributed by atoms with Crippen molar-refractivity contribution in [1.82, 2.24) is 4.98 Å². The van der Waals surface area contributed by atoms with Gasteiger partial charge in [0.1, 0.15) is 5.75 Å². The maximum atomic E-state index is 12.5. The fourth-order valence-electron chi connectivity index (χ4n) is 3.10. The van der Waals surface area contributed by atoms with E-state index < -0.39 is 0 Å². The molecular formula is C22H20N4O6S. The minimum atomic E-state index is -0.349. The number of carbonyl (C=O) groups is 3. The normalized spacial score (nSPS) is 11.6. The first-order valence-electron chi connectivity index (χ1n) is 9.82. The fraction of sp³-hybridized carbons (Fsp3) is 0.182. The molecule has 3 aromatic rings. The number of anilines is 3. The van der Waals surface area contributed by atoms with Gasteiger partial charge in [-0.15, -0.1) is 11.3 Å². The summed E-state index contributed by atoms with van der Waals surface area (Å²) in [7, 11) is 1.48. The van der Waals surface area contributed by atoms with E-state index in [9.17, 15) is 14.4 Å². The van der Waals surface area contributed by atoms with Crippen LogP contribution in [0.3, 0.4) is 0 Å². The molecule has 4 rings (SSSR count). The molecule has 0 aliphatic carbocycles. The van der Waals surface area contributed by atoms with Crippen molar-refractivity contribution in [3.63, 3.8) is 0 Å². The molecule has 2 heterocycles. The van der Waals surface area contributed by atoms with Crippen LogP contribution < -0.4 is 30.2 Å². The van der Waals surface area contributed by atoms with Crippen LogP contribution in [-0.2, 0) is 16.0 Å². The third-order valence-electron chi connectivity index (χ3n) is 4.54. The van der Waals surface area contributed by atoms with E-state index in [2.05, 4.69) is 20.9 Å². The van der Waals surface area contributed by atoms with Gasteiger partial charge in [0.05, 0.1) is 24.9 Å². The number of carbonyl (C=O) groups excluding carboxylic acids is 3. The Morgan fingerprint density at radius 3 is 2.67 bits per heavy atom. The minimum Gasteiger partial charge on any atom is -0.495 e. The predicted octanol–water partition coefficient (Wildman–Crippen LogP) is 3.27. The zero-order valence-electron chi connectivity index (χ0n) is 17.8. The molecule has 0 bridgehead atoms. The van der Waals surface area contributed by atoms with Crippen molar-refractivity contribution in [2.75, 3.05) is 29.9 Å². The minimum absolute atomic E-state index is 0.0100. The topological polar surface area (TPSA) is 128 Å². The highest BCUT2D eigenvalue weighted by Gasteiger charge is 2.18. The number of ether oxygens (including phenoxy) is 3. The summed E-state index contributed by atoms with van der Waals surface area (Å²) in [6.07, 6.45) is -0.0100. The Bertz CT molecular complexity index is 1230. The van der Waals surface area contributed by atoms with Crippen molar-refractivity contribution in [2.24, 2.45) is 0 Å². The number of fused-ring (bicyclic) bond motifs is 1. The molecule has 0 unspecified atom stereocenters. The monoisotopic (exact) mass is 468 g/mol. The molecule has 3 amide bonds. The zero-order chi connectivity index (χ0) is 23.4. The number of benzene rings is 2. The van der Waals surface area contributed by atoms with Crippen LogP contribution >= 0.6 is 11.3 Å². The number of amides is 3. The van der Waals surface area contributed by atoms with Crippen molar-refractivity contribution in [1.29, 1.82) is 0 Å². The first-order valence-corrected chi connectivity index (χ1v) is 10.7. The van der Waals surface area contributed by atoms with Crippen LogP contribution in [0.4, 0.5) is 16.5 Å². The SMILES string of the molecule is COc1ccc(NC(C)=O)cc1NC(=O)Cc1csc(NC(=O)c2ccc3c(c2)OCO3)n1. The first-order chi connectivity index (χ1) is 15.9. The number of hydrogen-bond acceptors (Lipinski definition) is 8. The van der Waals surface area contributed by atoms with Gasteiger partial charge in [-0.2, -0.15) is 0 Å². The van der Waals surface area contributed by atoms with E-state index in [1.54, 1.807) is 41.8 Å². The Balaban J connectivity index is 1.38. The van der Waals surface area contributed by atoms with E-state index in [1.165, 1.54) is 25.4 Å². The molecule has 0 spiro atoms. The zero-order valence-corrected chi connectivity index (χ0v) is 18.6. The average molecular weight is 468 g/mol. The lowest BCUT2D eigenvalue weighted by Crippen LogP contribution is -2.16. The Morgan fingerprint density at radius 1 is 1.06 bits per heavy atom. The van der Waals surface area contributed by atoms with E-state index >= 15 is 0 Å². The first kappa shape index (κ1) is 22.1. The molecule has 33 heavy (non-hydrogen) atoms. The van der Waals surface area contributed by atoms with E-state index in [1.807, 2.05) is 0 Å². The molecule has 1 aliphatic rings. The average Bonchev–Trinajstić information content (AvgIpc) is 3.42. The second-order valence-corrected chi connectivity index (χ2v) is 7.85. The van der Waals surface area contributed by atoms with E-state index in [0.29, 0.717) is 45.0 Å². The second kappa shape index (κ2) is 9.57. The maximum Gasteiger partial charge on any atom is 0.257 e. The van der Waals surface area contributed by atoms with Gasteiger partial charge in [-0.25, -0.2) is 4.98 Å². The van der Waals surface area contributed by atoms with E-state index in [0.717, 1.165) is 0 Å². The highest BCUT2D eigenvalue weighted by molar-refractivity contribution is 7.14. The van der Waals surface area contributed by atoms with Gasteiger partial charge in [0.2, 0.25) is 18.6 Å². The lowest BCUT2D eigenvalue weighted by Gasteiger charge is -2.12. The number of rotatable bonds is 7. The predicted molar refractivity (Wildman–Crippen MR) is 122 cm³/mol. The number of aromatic nitrogens is 1. The number of thiazole rings is 1. The largest absolute Gasteiger partial charge is 0.495 e. The molecule has 3 N–H and O–H groups in total. The smallest absolute Gasteiger partial charge is 0.257 e. The number of hydrogen-bond donors (Lipinski definition) is 3. The van der Waals surface area contributed by atoms with E-state index in [-0.39, 0.29) is 30.9 Å². The second-order valence-electron chi connectivity index (χ2n) is 6.99. The number of methoxy groups -OCH3 is 1. The molecule has 0 saturated heterocycles. The summed E-state index contributed by atoms with van der Waals surface area (Å²) in [5, 5.41) is 10.2. The van der Waals surface area contributed by atoms with Crippen LogP contribution in [-0.4, -0.2) is 36.6 Å². The van der Waals surface area contributed by atoms with Gasteiger partial charge in [0.25, 0.3) is 5.91 Å². The van der Waals surface area contributed by atoms with Gasteiger partial charge in [0, 0.05) is 23.6 Å². The Kier molecular flexibility index (Phi) is 6.41. The molecule has 2 aromatic carbocycles. The Labute approximate surface area is 192 Å². The van der Waals surface area contributed by atoms with Crippen molar-refractivity contribution in [3.05, 3.63) is 53.0 Å². The van der Waals surface area contributed by atoms with Gasteiger partial charge in [-0.3, -0.25) is 19.7 Å². The maximum absolute atomic E-state index is 12.5. The lowest BCUT2D eigenvalue weighted by atomic mass is 10.2. The molecule has 11 heteroatoms. The van der Waals surface area contributed by atoms with Crippen LogP contribution in [0.1, 0.15) is 23.0 Å². The quantitative estimate of drug-likeness (QED) is 0.485. The molecular weight excluding hydrogens is 448 g/mol. The summed E-state index contributed by atoms with van der Waals surface area (Å²) >= 11 is 1.21. The summed E-state index contributed by atoms with van der Waals surface area (Å²) in [4.78, 5) is 40.6. The highest BCUT2D eigenvalue weighted by Crippen LogP contribution is 2.33. The van der Waals surface area contributed by atoms with Crippen molar-refractivity contribution in [3.8, 4) is 17.2 Å². The van der Waals surface area contributed by atoms with Crippen molar-refractivity contribution >= 4 is 45.6 Å². The van der Waals surface area contributed by atoms with Crippen LogP contribution in [0.5, 0.6) is 17.2 Å². The molecule has 1 aliphatic heterocycles. The Morgan fingerprint density at radius 2 is 1.88 bits per heavy atom. The molecule has 0 saturated carbocycles. The summed E-state index contributed by atoms with van der Waals surface area (Å²) < 4.78 is 15.8. The van der Waals surface area contributed by atoms with Gasteiger partial charge in [0.15, 0.2) is 16.6 Å². The highest BCUT2D eigenvalue weighted by atomic mass is 32.1. The number of nitrogens with one attached hydrogen (secondary N) is 3. The third-order valence-corrected chi connectivity index (χ3v) is 5.35.